The van der Waals surface area contributed by atoms with E-state index in [9.17, 15) is 13.2 Å². The maximum Gasteiger partial charge on any atom is 0.452 e. The Kier molecular flexibility index (Phi) is 4.26. The molecule has 1 rings (SSSR count). The molecule has 0 saturated carbocycles. The molecule has 0 aliphatic rings. The molecule has 0 amide bonds. The van der Waals surface area contributed by atoms with Gasteiger partial charge in [-0.3, -0.25) is 0 Å². The van der Waals surface area contributed by atoms with Gasteiger partial charge in [-0.05, 0) is 6.92 Å². The van der Waals surface area contributed by atoms with Gasteiger partial charge < -0.3 is 10.6 Å². The molecule has 0 aliphatic carbocycles. The Hall–Kier alpha value is -0.960. The molecule has 0 fully saturated rings. The lowest BCUT2D eigenvalue weighted by Crippen LogP contribution is -2.32. The lowest BCUT2D eigenvalue weighted by Gasteiger charge is -2.23. The van der Waals surface area contributed by atoms with Gasteiger partial charge in [0.2, 0.25) is 11.0 Å². The molecule has 1 unspecified atom stereocenters. The monoisotopic (exact) mass is 284 g/mol. The number of thiocarbonyl (C=S) groups is 1. The first-order chi connectivity index (χ1) is 7.71. The van der Waals surface area contributed by atoms with Gasteiger partial charge in [-0.2, -0.15) is 22.5 Å². The van der Waals surface area contributed by atoms with Crippen molar-refractivity contribution in [1.29, 1.82) is 0 Å². The number of hydrogen-bond acceptors (Lipinski definition) is 5. The van der Waals surface area contributed by atoms with Crippen LogP contribution in [0.15, 0.2) is 0 Å². The summed E-state index contributed by atoms with van der Waals surface area (Å²) in [6.07, 6.45) is -4.10. The number of hydrogen-bond donors (Lipinski definition) is 1. The van der Waals surface area contributed by atoms with Crippen molar-refractivity contribution in [3.8, 4) is 0 Å². The zero-order valence-corrected chi connectivity index (χ0v) is 10.8. The minimum absolute atomic E-state index is 0.124. The molecule has 0 bridgehead atoms. The summed E-state index contributed by atoms with van der Waals surface area (Å²) in [6.45, 7) is 1.80. The van der Waals surface area contributed by atoms with Gasteiger partial charge in [0, 0.05) is 31.0 Å². The summed E-state index contributed by atoms with van der Waals surface area (Å²) >= 11 is 5.44. The van der Waals surface area contributed by atoms with Crippen molar-refractivity contribution in [2.24, 2.45) is 5.73 Å². The van der Waals surface area contributed by atoms with Crippen LogP contribution in [0.1, 0.15) is 19.2 Å². The van der Waals surface area contributed by atoms with Crippen molar-refractivity contribution in [2.75, 3.05) is 11.9 Å². The molecule has 1 aromatic heterocycles. The molecule has 1 aromatic rings. The lowest BCUT2D eigenvalue weighted by molar-refractivity contribution is -0.144. The van der Waals surface area contributed by atoms with Crippen molar-refractivity contribution < 1.29 is 13.2 Å². The number of anilines is 1. The van der Waals surface area contributed by atoms with E-state index in [4.69, 9.17) is 18.0 Å². The van der Waals surface area contributed by atoms with Crippen molar-refractivity contribution in [1.82, 2.24) is 9.36 Å². The first-order valence-corrected chi connectivity index (χ1v) is 5.82. The molecule has 0 aliphatic heterocycles. The molecule has 0 radical (unpaired) electrons. The van der Waals surface area contributed by atoms with E-state index in [1.54, 1.807) is 18.9 Å². The van der Waals surface area contributed by atoms with Crippen LogP contribution in [0.3, 0.4) is 0 Å². The van der Waals surface area contributed by atoms with E-state index in [-0.39, 0.29) is 11.2 Å². The SMILES string of the molecule is CC(CC(N)=S)N(C)c1nc(C(F)(F)F)ns1. The number of aromatic nitrogens is 2. The molecule has 9 heteroatoms. The van der Waals surface area contributed by atoms with Gasteiger partial charge >= 0.3 is 6.18 Å². The van der Waals surface area contributed by atoms with Crippen LogP contribution in [-0.2, 0) is 6.18 Å². The van der Waals surface area contributed by atoms with E-state index < -0.39 is 12.0 Å². The first kappa shape index (κ1) is 14.1. The van der Waals surface area contributed by atoms with E-state index in [1.807, 2.05) is 0 Å². The van der Waals surface area contributed by atoms with Crippen LogP contribution in [0.4, 0.5) is 18.3 Å². The van der Waals surface area contributed by atoms with Gasteiger partial charge in [-0.15, -0.1) is 0 Å². The third-order valence-corrected chi connectivity index (χ3v) is 3.10. The lowest BCUT2D eigenvalue weighted by atomic mass is 10.2. The Balaban J connectivity index is 2.79. The molecule has 1 atom stereocenters. The number of nitrogens with zero attached hydrogens (tertiary/aromatic N) is 3. The van der Waals surface area contributed by atoms with Gasteiger partial charge in [-0.1, -0.05) is 12.2 Å². The summed E-state index contributed by atoms with van der Waals surface area (Å²) in [7, 11) is 1.63. The topological polar surface area (TPSA) is 55.0 Å². The predicted octanol–water partition coefficient (Wildman–Crippen LogP) is 2.06. The summed E-state index contributed by atoms with van der Waals surface area (Å²) in [4.78, 5) is 5.32. The van der Waals surface area contributed by atoms with Crippen molar-refractivity contribution in [2.45, 2.75) is 25.6 Å². The van der Waals surface area contributed by atoms with Crippen LogP contribution < -0.4 is 10.6 Å². The highest BCUT2D eigenvalue weighted by atomic mass is 32.1. The van der Waals surface area contributed by atoms with E-state index in [0.29, 0.717) is 22.9 Å². The smallest absolute Gasteiger partial charge is 0.393 e. The molecule has 17 heavy (non-hydrogen) atoms. The Labute approximate surface area is 106 Å². The molecule has 4 nitrogen and oxygen atoms in total. The van der Waals surface area contributed by atoms with Crippen molar-refractivity contribution in [3.63, 3.8) is 0 Å². The van der Waals surface area contributed by atoms with Gasteiger partial charge in [-0.25, -0.2) is 0 Å². The minimum Gasteiger partial charge on any atom is -0.393 e. The second-order valence-corrected chi connectivity index (χ2v) is 4.78. The fraction of sp³-hybridized carbons (Fsp3) is 0.625. The maximum absolute atomic E-state index is 12.3. The second kappa shape index (κ2) is 5.13. The van der Waals surface area contributed by atoms with Gasteiger partial charge in [0.05, 0.1) is 4.99 Å². The van der Waals surface area contributed by atoms with Crippen LogP contribution in [0.25, 0.3) is 0 Å². The summed E-state index contributed by atoms with van der Waals surface area (Å²) in [5, 5.41) is 0.195. The highest BCUT2D eigenvalue weighted by Gasteiger charge is 2.36. The van der Waals surface area contributed by atoms with E-state index in [1.165, 1.54) is 0 Å². The van der Waals surface area contributed by atoms with Gasteiger partial charge in [0.1, 0.15) is 0 Å². The maximum atomic E-state index is 12.3. The molecular weight excluding hydrogens is 273 g/mol. The van der Waals surface area contributed by atoms with Gasteiger partial charge in [0.25, 0.3) is 0 Å². The van der Waals surface area contributed by atoms with Gasteiger partial charge in [0.15, 0.2) is 0 Å². The zero-order chi connectivity index (χ0) is 13.2. The van der Waals surface area contributed by atoms with Crippen LogP contribution in [0, 0.1) is 0 Å². The van der Waals surface area contributed by atoms with E-state index in [2.05, 4.69) is 9.36 Å². The second-order valence-electron chi connectivity index (χ2n) is 3.53. The first-order valence-electron chi connectivity index (χ1n) is 4.64. The van der Waals surface area contributed by atoms with Crippen molar-refractivity contribution >= 4 is 33.9 Å². The van der Waals surface area contributed by atoms with Crippen LogP contribution >= 0.6 is 23.8 Å². The number of rotatable bonds is 4. The largest absolute Gasteiger partial charge is 0.452 e. The summed E-state index contributed by atoms with van der Waals surface area (Å²) in [6, 6.07) is -0.124. The number of halogens is 3. The molecule has 0 spiro atoms. The third-order valence-electron chi connectivity index (χ3n) is 2.13. The molecule has 1 heterocycles. The van der Waals surface area contributed by atoms with E-state index >= 15 is 0 Å². The fourth-order valence-electron chi connectivity index (χ4n) is 1.09. The van der Waals surface area contributed by atoms with E-state index in [0.717, 1.165) is 0 Å². The Morgan fingerprint density at radius 3 is 2.59 bits per heavy atom. The molecule has 0 saturated heterocycles. The molecule has 2 N–H and O–H groups in total. The Morgan fingerprint density at radius 2 is 2.18 bits per heavy atom. The third kappa shape index (κ3) is 3.77. The van der Waals surface area contributed by atoms with Crippen LogP contribution in [0.2, 0.25) is 0 Å². The Morgan fingerprint density at radius 1 is 1.59 bits per heavy atom. The minimum atomic E-state index is -4.51. The number of nitrogens with two attached hydrogens (primary N) is 1. The molecule has 96 valence electrons. The highest BCUT2D eigenvalue weighted by molar-refractivity contribution is 7.80. The summed E-state index contributed by atoms with van der Waals surface area (Å²) < 4.78 is 40.2. The average Bonchev–Trinajstić information content (AvgIpc) is 2.63. The highest BCUT2D eigenvalue weighted by Crippen LogP contribution is 2.30. The fourth-order valence-corrected chi connectivity index (χ4v) is 2.08. The normalized spacial score (nSPS) is 13.5. The number of alkyl halides is 3. The molecule has 0 aromatic carbocycles. The predicted molar refractivity (Wildman–Crippen MR) is 64.2 cm³/mol. The standard InChI is InChI=1S/C8H11F3N4S2/c1-4(3-5(12)16)15(2)7-13-6(14-17-7)8(9,10)11/h4H,3H2,1-2H3,(H2,12,16). The Bertz CT molecular complexity index is 404. The van der Waals surface area contributed by atoms with Crippen LogP contribution in [0.5, 0.6) is 0 Å². The zero-order valence-electron chi connectivity index (χ0n) is 9.15. The summed E-state index contributed by atoms with van der Waals surface area (Å²) in [5.74, 6) is -1.12. The van der Waals surface area contributed by atoms with Crippen LogP contribution in [-0.4, -0.2) is 27.4 Å². The average molecular weight is 284 g/mol. The van der Waals surface area contributed by atoms with Crippen molar-refractivity contribution in [3.05, 3.63) is 5.82 Å². The molecular formula is C8H11F3N4S2. The quantitative estimate of drug-likeness (QED) is 0.858. The summed E-state index contributed by atoms with van der Waals surface area (Å²) in [5.41, 5.74) is 5.38.